The zero-order chi connectivity index (χ0) is 10.7. The van der Waals surface area contributed by atoms with Gasteiger partial charge in [0.15, 0.2) is 6.61 Å². The Labute approximate surface area is 84.1 Å². The van der Waals surface area contributed by atoms with E-state index in [2.05, 4.69) is 0 Å². The lowest BCUT2D eigenvalue weighted by molar-refractivity contribution is -0.139. The highest BCUT2D eigenvalue weighted by Gasteiger charge is 2.06. The number of rotatable bonds is 3. The van der Waals surface area contributed by atoms with Crippen LogP contribution in [0.3, 0.4) is 0 Å². The molecule has 0 aliphatic heterocycles. The molecule has 0 heterocycles. The number of hydrogen-bond acceptors (Lipinski definition) is 2. The molecule has 2 radical (unpaired) electrons. The SMILES string of the molecule is [B]c1cc(C)c(OCC(=O)O)c(C)c1. The van der Waals surface area contributed by atoms with Gasteiger partial charge in [-0.15, -0.1) is 0 Å². The van der Waals surface area contributed by atoms with Crippen molar-refractivity contribution in [3.63, 3.8) is 0 Å². The Morgan fingerprint density at radius 2 is 1.93 bits per heavy atom. The third-order valence-electron chi connectivity index (χ3n) is 1.82. The third kappa shape index (κ3) is 2.52. The molecule has 0 amide bonds. The molecular formula is C10H11BO3. The number of carboxylic acid groups (broad SMARTS) is 1. The van der Waals surface area contributed by atoms with Crippen molar-refractivity contribution in [2.75, 3.05) is 6.61 Å². The molecule has 0 fully saturated rings. The van der Waals surface area contributed by atoms with Gasteiger partial charge in [0, 0.05) is 0 Å². The first-order valence-electron chi connectivity index (χ1n) is 4.22. The molecule has 0 aromatic heterocycles. The Kier molecular flexibility index (Phi) is 3.17. The second kappa shape index (κ2) is 4.18. The van der Waals surface area contributed by atoms with E-state index >= 15 is 0 Å². The number of carbonyl (C=O) groups is 1. The van der Waals surface area contributed by atoms with E-state index in [1.165, 1.54) is 0 Å². The average Bonchev–Trinajstić information content (AvgIpc) is 2.01. The van der Waals surface area contributed by atoms with Crippen LogP contribution in [0.15, 0.2) is 12.1 Å². The van der Waals surface area contributed by atoms with E-state index in [0.29, 0.717) is 11.2 Å². The molecule has 14 heavy (non-hydrogen) atoms. The van der Waals surface area contributed by atoms with Crippen LogP contribution in [0, 0.1) is 13.8 Å². The van der Waals surface area contributed by atoms with Gasteiger partial charge in [-0.25, -0.2) is 4.79 Å². The van der Waals surface area contributed by atoms with Gasteiger partial charge >= 0.3 is 5.97 Å². The minimum absolute atomic E-state index is 0.328. The fourth-order valence-corrected chi connectivity index (χ4v) is 1.35. The maximum absolute atomic E-state index is 10.3. The van der Waals surface area contributed by atoms with Crippen LogP contribution in [0.4, 0.5) is 0 Å². The summed E-state index contributed by atoms with van der Waals surface area (Å²) < 4.78 is 5.13. The molecule has 0 spiro atoms. The molecule has 3 nitrogen and oxygen atoms in total. The van der Waals surface area contributed by atoms with Gasteiger partial charge in [-0.2, -0.15) is 0 Å². The number of benzene rings is 1. The standard InChI is InChI=1S/C10H11BO3/c1-6-3-8(11)4-7(2)10(6)14-5-9(12)13/h3-4H,5H2,1-2H3,(H,12,13). The predicted octanol–water partition coefficient (Wildman–Crippen LogP) is 0.561. The Hall–Kier alpha value is -1.45. The van der Waals surface area contributed by atoms with Crippen molar-refractivity contribution in [1.29, 1.82) is 0 Å². The van der Waals surface area contributed by atoms with E-state index in [9.17, 15) is 4.79 Å². The first kappa shape index (κ1) is 10.6. The smallest absolute Gasteiger partial charge is 0.341 e. The lowest BCUT2D eigenvalue weighted by Gasteiger charge is -2.11. The Morgan fingerprint density at radius 1 is 1.43 bits per heavy atom. The lowest BCUT2D eigenvalue weighted by Crippen LogP contribution is -2.13. The van der Waals surface area contributed by atoms with Crippen LogP contribution in [0.5, 0.6) is 5.75 Å². The minimum atomic E-state index is -0.986. The summed E-state index contributed by atoms with van der Waals surface area (Å²) >= 11 is 0. The van der Waals surface area contributed by atoms with E-state index in [-0.39, 0.29) is 6.61 Å². The van der Waals surface area contributed by atoms with Crippen LogP contribution in [-0.2, 0) is 4.79 Å². The van der Waals surface area contributed by atoms with Gasteiger partial charge in [0.2, 0.25) is 0 Å². The van der Waals surface area contributed by atoms with Crippen LogP contribution >= 0.6 is 0 Å². The van der Waals surface area contributed by atoms with Gasteiger partial charge in [0.1, 0.15) is 13.6 Å². The second-order valence-electron chi connectivity index (χ2n) is 3.17. The number of aryl methyl sites for hydroxylation is 2. The first-order chi connectivity index (χ1) is 6.50. The molecule has 1 N–H and O–H groups in total. The predicted molar refractivity (Wildman–Crippen MR) is 54.4 cm³/mol. The van der Waals surface area contributed by atoms with E-state index in [1.54, 1.807) is 12.1 Å². The molecule has 0 aliphatic rings. The average molecular weight is 190 g/mol. The van der Waals surface area contributed by atoms with Crippen LogP contribution in [0.1, 0.15) is 11.1 Å². The molecule has 0 unspecified atom stereocenters. The first-order valence-corrected chi connectivity index (χ1v) is 4.22. The minimum Gasteiger partial charge on any atom is -0.481 e. The number of aliphatic carboxylic acids is 1. The molecule has 1 aromatic carbocycles. The summed E-state index contributed by atoms with van der Waals surface area (Å²) in [5, 5.41) is 8.46. The van der Waals surface area contributed by atoms with Gasteiger partial charge in [-0.3, -0.25) is 0 Å². The normalized spacial score (nSPS) is 9.86. The van der Waals surface area contributed by atoms with Crippen LogP contribution < -0.4 is 10.2 Å². The quantitative estimate of drug-likeness (QED) is 0.708. The maximum Gasteiger partial charge on any atom is 0.341 e. The van der Waals surface area contributed by atoms with Crippen molar-refractivity contribution in [2.45, 2.75) is 13.8 Å². The number of hydrogen-bond donors (Lipinski definition) is 1. The molecule has 1 rings (SSSR count). The molecule has 0 saturated carbocycles. The summed E-state index contributed by atoms with van der Waals surface area (Å²) in [7, 11) is 5.61. The molecule has 0 bridgehead atoms. The zero-order valence-electron chi connectivity index (χ0n) is 8.20. The van der Waals surface area contributed by atoms with Crippen LogP contribution in [-0.4, -0.2) is 25.5 Å². The summed E-state index contributed by atoms with van der Waals surface area (Å²) in [6, 6.07) is 3.51. The van der Waals surface area contributed by atoms with E-state index in [1.807, 2.05) is 13.8 Å². The third-order valence-corrected chi connectivity index (χ3v) is 1.82. The zero-order valence-corrected chi connectivity index (χ0v) is 8.20. The van der Waals surface area contributed by atoms with Gasteiger partial charge < -0.3 is 9.84 Å². The van der Waals surface area contributed by atoms with Crippen molar-refractivity contribution in [3.8, 4) is 5.75 Å². The molecule has 0 saturated heterocycles. The van der Waals surface area contributed by atoms with Gasteiger partial charge in [-0.05, 0) is 25.0 Å². The monoisotopic (exact) mass is 190 g/mol. The van der Waals surface area contributed by atoms with Crippen molar-refractivity contribution < 1.29 is 14.6 Å². The highest BCUT2D eigenvalue weighted by molar-refractivity contribution is 6.32. The topological polar surface area (TPSA) is 46.5 Å². The summed E-state index contributed by atoms with van der Waals surface area (Å²) in [4.78, 5) is 10.3. The van der Waals surface area contributed by atoms with Crippen molar-refractivity contribution in [2.24, 2.45) is 0 Å². The van der Waals surface area contributed by atoms with Crippen LogP contribution in [0.25, 0.3) is 0 Å². The summed E-state index contributed by atoms with van der Waals surface area (Å²) in [6.07, 6.45) is 0. The highest BCUT2D eigenvalue weighted by atomic mass is 16.5. The Morgan fingerprint density at radius 3 is 2.36 bits per heavy atom. The molecule has 0 aliphatic carbocycles. The maximum atomic E-state index is 10.3. The van der Waals surface area contributed by atoms with Crippen molar-refractivity contribution in [3.05, 3.63) is 23.3 Å². The number of ether oxygens (including phenoxy) is 1. The Balaban J connectivity index is 2.91. The molecule has 1 aromatic rings. The summed E-state index contributed by atoms with van der Waals surface area (Å²) in [6.45, 7) is 3.34. The van der Waals surface area contributed by atoms with Gasteiger partial charge in [0.05, 0.1) is 0 Å². The van der Waals surface area contributed by atoms with Crippen LogP contribution in [0.2, 0.25) is 0 Å². The molecule has 4 heteroatoms. The Bertz CT molecular complexity index is 337. The van der Waals surface area contributed by atoms with E-state index in [4.69, 9.17) is 17.7 Å². The van der Waals surface area contributed by atoms with E-state index in [0.717, 1.165) is 11.1 Å². The summed E-state index contributed by atoms with van der Waals surface area (Å²) in [5.41, 5.74) is 2.36. The second-order valence-corrected chi connectivity index (χ2v) is 3.17. The molecule has 72 valence electrons. The highest BCUT2D eigenvalue weighted by Crippen LogP contribution is 2.20. The fraction of sp³-hybridized carbons (Fsp3) is 0.300. The fourth-order valence-electron chi connectivity index (χ4n) is 1.35. The molecular weight excluding hydrogens is 179 g/mol. The number of carboxylic acids is 1. The summed E-state index contributed by atoms with van der Waals surface area (Å²) in [5.74, 6) is -0.387. The molecule has 0 atom stereocenters. The van der Waals surface area contributed by atoms with Crippen molar-refractivity contribution >= 4 is 19.3 Å². The van der Waals surface area contributed by atoms with E-state index < -0.39 is 5.97 Å². The van der Waals surface area contributed by atoms with Gasteiger partial charge in [0.25, 0.3) is 0 Å². The van der Waals surface area contributed by atoms with Crippen molar-refractivity contribution in [1.82, 2.24) is 0 Å². The van der Waals surface area contributed by atoms with Gasteiger partial charge in [-0.1, -0.05) is 17.6 Å². The lowest BCUT2D eigenvalue weighted by atomic mass is 9.92. The largest absolute Gasteiger partial charge is 0.481 e.